The number of aromatic nitrogens is 1. The van der Waals surface area contributed by atoms with E-state index in [1.807, 2.05) is 42.5 Å². The first-order valence-corrected chi connectivity index (χ1v) is 10.5. The molecule has 0 unspecified atom stereocenters. The van der Waals surface area contributed by atoms with Crippen LogP contribution in [0, 0.1) is 0 Å². The smallest absolute Gasteiger partial charge is 0.258 e. The van der Waals surface area contributed by atoms with E-state index in [0.717, 1.165) is 26.5 Å². The van der Waals surface area contributed by atoms with Crippen molar-refractivity contribution in [3.05, 3.63) is 82.3 Å². The zero-order valence-electron chi connectivity index (χ0n) is 14.8. The van der Waals surface area contributed by atoms with E-state index in [9.17, 15) is 4.79 Å². The average molecular weight is 458 g/mol. The van der Waals surface area contributed by atoms with Crippen molar-refractivity contribution in [3.8, 4) is 10.6 Å². The van der Waals surface area contributed by atoms with E-state index in [0.29, 0.717) is 10.6 Å². The van der Waals surface area contributed by atoms with Gasteiger partial charge >= 0.3 is 0 Å². The third-order valence-electron chi connectivity index (χ3n) is 4.09. The van der Waals surface area contributed by atoms with Crippen LogP contribution in [0.2, 0.25) is 10.0 Å². The zero-order chi connectivity index (χ0) is 20.4. The molecule has 1 aromatic heterocycles. The number of hydrogen-bond acceptors (Lipinski definition) is 4. The molecule has 0 radical (unpaired) electrons. The molecule has 0 bridgehead atoms. The van der Waals surface area contributed by atoms with Crippen LogP contribution in [0.25, 0.3) is 20.8 Å². The van der Waals surface area contributed by atoms with Gasteiger partial charge in [0.25, 0.3) is 5.91 Å². The molecule has 1 amide bonds. The van der Waals surface area contributed by atoms with Crippen molar-refractivity contribution >= 4 is 73.7 Å². The van der Waals surface area contributed by atoms with E-state index in [2.05, 4.69) is 21.7 Å². The second-order valence-electron chi connectivity index (χ2n) is 6.10. The summed E-state index contributed by atoms with van der Waals surface area (Å²) in [5.74, 6) is -0.407. The summed E-state index contributed by atoms with van der Waals surface area (Å²) < 4.78 is 1.15. The van der Waals surface area contributed by atoms with E-state index in [1.54, 1.807) is 23.5 Å². The molecule has 29 heavy (non-hydrogen) atoms. The highest BCUT2D eigenvalue weighted by atomic mass is 35.5. The third-order valence-corrected chi connectivity index (χ3v) is 5.92. The minimum atomic E-state index is -0.407. The number of benzene rings is 3. The Labute approximate surface area is 186 Å². The van der Waals surface area contributed by atoms with Crippen molar-refractivity contribution in [2.24, 2.45) is 0 Å². The summed E-state index contributed by atoms with van der Waals surface area (Å²) in [6, 6.07) is 20.4. The lowest BCUT2D eigenvalue weighted by Crippen LogP contribution is -2.34. The number of carbonyl (C=O) groups is 1. The quantitative estimate of drug-likeness (QED) is 0.349. The molecule has 8 heteroatoms. The van der Waals surface area contributed by atoms with E-state index in [1.165, 1.54) is 6.07 Å². The summed E-state index contributed by atoms with van der Waals surface area (Å²) in [7, 11) is 0. The minimum absolute atomic E-state index is 0.175. The van der Waals surface area contributed by atoms with Gasteiger partial charge in [0, 0.05) is 16.3 Å². The van der Waals surface area contributed by atoms with Crippen LogP contribution in [0.4, 0.5) is 5.69 Å². The Morgan fingerprint density at radius 3 is 2.48 bits per heavy atom. The average Bonchev–Trinajstić information content (AvgIpc) is 3.12. The maximum Gasteiger partial charge on any atom is 0.258 e. The minimum Gasteiger partial charge on any atom is -0.332 e. The van der Waals surface area contributed by atoms with Crippen molar-refractivity contribution in [2.75, 3.05) is 5.32 Å². The number of rotatable bonds is 3. The summed E-state index contributed by atoms with van der Waals surface area (Å²) in [5, 5.41) is 7.45. The molecule has 0 fully saturated rings. The number of amides is 1. The second kappa shape index (κ2) is 8.47. The molecule has 4 aromatic rings. The van der Waals surface area contributed by atoms with E-state index in [-0.39, 0.29) is 10.1 Å². The fourth-order valence-electron chi connectivity index (χ4n) is 2.70. The number of thiocarbonyl (C=S) groups is 1. The highest BCUT2D eigenvalue weighted by Gasteiger charge is 2.12. The normalized spacial score (nSPS) is 10.7. The fourth-order valence-corrected chi connectivity index (χ4v) is 4.37. The predicted molar refractivity (Wildman–Crippen MR) is 125 cm³/mol. The molecule has 4 rings (SSSR count). The molecule has 0 atom stereocenters. The maximum atomic E-state index is 12.3. The van der Waals surface area contributed by atoms with Crippen molar-refractivity contribution in [2.45, 2.75) is 0 Å². The third kappa shape index (κ3) is 4.57. The largest absolute Gasteiger partial charge is 0.332 e. The van der Waals surface area contributed by atoms with Crippen molar-refractivity contribution in [3.63, 3.8) is 0 Å². The monoisotopic (exact) mass is 457 g/mol. The maximum absolute atomic E-state index is 12.3. The molecule has 0 aliphatic carbocycles. The van der Waals surface area contributed by atoms with Gasteiger partial charge in [0.15, 0.2) is 5.11 Å². The van der Waals surface area contributed by atoms with Gasteiger partial charge in [-0.1, -0.05) is 35.3 Å². The molecule has 0 aliphatic rings. The van der Waals surface area contributed by atoms with Gasteiger partial charge in [0.1, 0.15) is 5.01 Å². The SMILES string of the molecule is O=C(NC(=S)Nc1ccc(-c2nc3ccccc3s2)cc1)c1ccc(Cl)cc1Cl. The first kappa shape index (κ1) is 19.8. The number of para-hydroxylation sites is 1. The van der Waals surface area contributed by atoms with Crippen LogP contribution in [-0.2, 0) is 0 Å². The lowest BCUT2D eigenvalue weighted by molar-refractivity contribution is 0.0978. The van der Waals surface area contributed by atoms with Crippen LogP contribution in [0.3, 0.4) is 0 Å². The molecule has 144 valence electrons. The molecular weight excluding hydrogens is 445 g/mol. The topological polar surface area (TPSA) is 54.0 Å². The van der Waals surface area contributed by atoms with Crippen molar-refractivity contribution in [1.82, 2.24) is 10.3 Å². The highest BCUT2D eigenvalue weighted by molar-refractivity contribution is 7.80. The summed E-state index contributed by atoms with van der Waals surface area (Å²) >= 11 is 18.8. The fraction of sp³-hybridized carbons (Fsp3) is 0. The number of anilines is 1. The molecule has 2 N–H and O–H groups in total. The Morgan fingerprint density at radius 2 is 1.76 bits per heavy atom. The zero-order valence-corrected chi connectivity index (χ0v) is 17.9. The molecular formula is C21H13Cl2N3OS2. The Bertz CT molecular complexity index is 1190. The van der Waals surface area contributed by atoms with Gasteiger partial charge in [-0.05, 0) is 66.8 Å². The van der Waals surface area contributed by atoms with Crippen LogP contribution < -0.4 is 10.6 Å². The number of nitrogens with one attached hydrogen (secondary N) is 2. The first-order chi connectivity index (χ1) is 14.0. The molecule has 4 nitrogen and oxygen atoms in total. The molecule has 3 aromatic carbocycles. The van der Waals surface area contributed by atoms with Gasteiger partial charge in [-0.3, -0.25) is 10.1 Å². The Morgan fingerprint density at radius 1 is 1.00 bits per heavy atom. The number of carbonyl (C=O) groups excluding carboxylic acids is 1. The van der Waals surface area contributed by atoms with E-state index in [4.69, 9.17) is 35.4 Å². The van der Waals surface area contributed by atoms with Crippen LogP contribution >= 0.6 is 46.8 Å². The lowest BCUT2D eigenvalue weighted by atomic mass is 10.2. The van der Waals surface area contributed by atoms with Gasteiger partial charge in [0.05, 0.1) is 20.8 Å². The van der Waals surface area contributed by atoms with Crippen LogP contribution in [0.1, 0.15) is 10.4 Å². The number of hydrogen-bond donors (Lipinski definition) is 2. The second-order valence-corrected chi connectivity index (χ2v) is 8.38. The number of thiazole rings is 1. The number of halogens is 2. The molecule has 1 heterocycles. The van der Waals surface area contributed by atoms with Gasteiger partial charge in [-0.2, -0.15) is 0 Å². The van der Waals surface area contributed by atoms with Gasteiger partial charge in [0.2, 0.25) is 0 Å². The van der Waals surface area contributed by atoms with Gasteiger partial charge in [-0.25, -0.2) is 4.98 Å². The highest BCUT2D eigenvalue weighted by Crippen LogP contribution is 2.30. The molecule has 0 spiro atoms. The summed E-state index contributed by atoms with van der Waals surface area (Å²) in [6.07, 6.45) is 0. The van der Waals surface area contributed by atoms with Crippen molar-refractivity contribution < 1.29 is 4.79 Å². The van der Waals surface area contributed by atoms with Crippen LogP contribution in [-0.4, -0.2) is 16.0 Å². The van der Waals surface area contributed by atoms with E-state index >= 15 is 0 Å². The van der Waals surface area contributed by atoms with Crippen LogP contribution in [0.5, 0.6) is 0 Å². The Hall–Kier alpha value is -2.51. The predicted octanol–water partition coefficient (Wildman–Crippen LogP) is 6.40. The van der Waals surface area contributed by atoms with Gasteiger partial charge in [-0.15, -0.1) is 11.3 Å². The number of nitrogens with zero attached hydrogens (tertiary/aromatic N) is 1. The summed E-state index contributed by atoms with van der Waals surface area (Å²) in [5.41, 5.74) is 3.05. The standard InChI is InChI=1S/C21H13Cl2N3OS2/c22-13-7-10-15(16(23)11-13)19(27)26-21(28)24-14-8-5-12(6-9-14)20-25-17-3-1-2-4-18(17)29-20/h1-11H,(H2,24,26,27,28). The Kier molecular flexibility index (Phi) is 5.78. The van der Waals surface area contributed by atoms with E-state index < -0.39 is 5.91 Å². The molecule has 0 saturated carbocycles. The molecule has 0 aliphatic heterocycles. The molecule has 0 saturated heterocycles. The Balaban J connectivity index is 1.43. The summed E-state index contributed by atoms with van der Waals surface area (Å²) in [4.78, 5) is 17.0. The number of fused-ring (bicyclic) bond motifs is 1. The van der Waals surface area contributed by atoms with Crippen molar-refractivity contribution in [1.29, 1.82) is 0 Å². The van der Waals surface area contributed by atoms with Gasteiger partial charge < -0.3 is 5.32 Å². The summed E-state index contributed by atoms with van der Waals surface area (Å²) in [6.45, 7) is 0. The van der Waals surface area contributed by atoms with Crippen LogP contribution in [0.15, 0.2) is 66.7 Å². The lowest BCUT2D eigenvalue weighted by Gasteiger charge is -2.11. The first-order valence-electron chi connectivity index (χ1n) is 8.53.